The third-order valence-electron chi connectivity index (χ3n) is 5.22. The fraction of sp³-hybridized carbons (Fsp3) is 0.321. The minimum atomic E-state index is -0.567. The smallest absolute Gasteiger partial charge is 0.0253 e. The normalized spacial score (nSPS) is 10.5. The molecule has 1 radical (unpaired) electrons. The first-order valence-corrected chi connectivity index (χ1v) is 18.0. The van der Waals surface area contributed by atoms with Crippen molar-refractivity contribution < 1.29 is 21.8 Å². The number of halogens is 2. The number of fused-ring (bicyclic) bond motifs is 3. The fourth-order valence-electron chi connectivity index (χ4n) is 3.81. The molecule has 1 aliphatic rings. The first kappa shape index (κ1) is 30.7. The number of rotatable bonds is 3. The molecule has 34 heavy (non-hydrogen) atoms. The summed E-state index contributed by atoms with van der Waals surface area (Å²) in [6.45, 7) is 12.6. The molecule has 0 atom stereocenters. The van der Waals surface area contributed by atoms with E-state index in [1.165, 1.54) is 22.3 Å². The third kappa shape index (κ3) is 9.02. The molecule has 0 heterocycles. The van der Waals surface area contributed by atoms with Crippen molar-refractivity contribution in [2.24, 2.45) is 0 Å². The van der Waals surface area contributed by atoms with Crippen molar-refractivity contribution in [2.45, 2.75) is 59.0 Å². The SMILES string of the molecule is CC(C)c1cccc(C(C)C)c1C([NH-])=O.C[SiH]C.[Cl][Ti][Cl].[c-]1cccc2c1Cc1ccccc1-2. The van der Waals surface area contributed by atoms with Crippen molar-refractivity contribution in [2.75, 3.05) is 0 Å². The molecule has 0 fully saturated rings. The number of benzene rings is 3. The van der Waals surface area contributed by atoms with Gasteiger partial charge in [-0.05, 0) is 29.4 Å². The Labute approximate surface area is 225 Å². The van der Waals surface area contributed by atoms with Crippen LogP contribution in [0.2, 0.25) is 13.1 Å². The topological polar surface area (TPSA) is 40.9 Å². The molecule has 1 N–H and O–H groups in total. The molecule has 3 aromatic carbocycles. The fourth-order valence-corrected chi connectivity index (χ4v) is 3.81. The summed E-state index contributed by atoms with van der Waals surface area (Å²) in [6.07, 6.45) is 1.05. The van der Waals surface area contributed by atoms with E-state index >= 15 is 0 Å². The molecule has 0 saturated carbocycles. The van der Waals surface area contributed by atoms with Crippen LogP contribution in [0.15, 0.2) is 60.7 Å². The Hall–Kier alpha value is -1.36. The van der Waals surface area contributed by atoms with Crippen LogP contribution in [-0.4, -0.2) is 15.4 Å². The zero-order valence-electron chi connectivity index (χ0n) is 20.9. The molecule has 6 heteroatoms. The Kier molecular flexibility index (Phi) is 14.7. The van der Waals surface area contributed by atoms with Gasteiger partial charge in [0.05, 0.1) is 5.91 Å². The summed E-state index contributed by atoms with van der Waals surface area (Å²) in [5, 5.41) is 0. The van der Waals surface area contributed by atoms with Gasteiger partial charge in [-0.3, -0.25) is 0 Å². The van der Waals surface area contributed by atoms with E-state index < -0.39 is 22.9 Å². The van der Waals surface area contributed by atoms with Crippen molar-refractivity contribution in [3.05, 3.63) is 100 Å². The quantitative estimate of drug-likeness (QED) is 0.186. The van der Waals surface area contributed by atoms with E-state index in [1.807, 2.05) is 52.0 Å². The van der Waals surface area contributed by atoms with E-state index in [4.69, 9.17) is 24.3 Å². The van der Waals surface area contributed by atoms with E-state index in [1.54, 1.807) is 0 Å². The van der Waals surface area contributed by atoms with Gasteiger partial charge in [-0.1, -0.05) is 94.4 Å². The number of nitrogens with one attached hydrogen (secondary N) is 1. The summed E-state index contributed by atoms with van der Waals surface area (Å²) in [7, 11) is 10.5. The summed E-state index contributed by atoms with van der Waals surface area (Å²) in [6, 6.07) is 24.0. The maximum atomic E-state index is 11.4. The van der Waals surface area contributed by atoms with Crippen LogP contribution in [0.25, 0.3) is 16.9 Å². The Morgan fingerprint density at radius 3 is 1.91 bits per heavy atom. The standard InChI is InChI=1S/C13H19NO.C13H9.C2H7Si.2ClH.Ti/c1-8(2)10-6-5-7-11(9(3)4)12(10)13(14)15;1-3-7-12-10(5-1)9-11-6-2-4-8-13(11)12;1-3-2;;;/h5-9H,1-4H3,(H2,14,15);1-5,7-8H,9H2;3H,1-2H3;2*1H;/q;-1;;;;+2/p-3. The second kappa shape index (κ2) is 16.3. The number of amides is 1. The van der Waals surface area contributed by atoms with Crippen molar-refractivity contribution in [1.82, 2.24) is 0 Å². The van der Waals surface area contributed by atoms with Gasteiger partial charge in [-0.25, -0.2) is 0 Å². The zero-order valence-corrected chi connectivity index (χ0v) is 25.1. The Balaban J connectivity index is 0.000000278. The van der Waals surface area contributed by atoms with E-state index in [-0.39, 0.29) is 11.8 Å². The molecule has 1 amide bonds. The predicted octanol–water partition coefficient (Wildman–Crippen LogP) is 9.08. The number of hydrogen-bond donors (Lipinski definition) is 0. The third-order valence-corrected chi connectivity index (χ3v) is 5.22. The molecule has 0 aromatic heterocycles. The maximum absolute atomic E-state index is 11.4. The zero-order chi connectivity index (χ0) is 25.7. The monoisotopic (exact) mass is 546 g/mol. The van der Waals surface area contributed by atoms with E-state index in [0.717, 1.165) is 27.1 Å². The summed E-state index contributed by atoms with van der Waals surface area (Å²) >= 11 is -0.556. The summed E-state index contributed by atoms with van der Waals surface area (Å²) in [4.78, 5) is 11.4. The second-order valence-corrected chi connectivity index (χ2v) is 12.2. The molecule has 3 aromatic rings. The van der Waals surface area contributed by atoms with Gasteiger partial charge < -0.3 is 10.5 Å². The molecule has 0 aliphatic heterocycles. The van der Waals surface area contributed by atoms with Gasteiger partial charge in [0, 0.05) is 15.1 Å². The average Bonchev–Trinajstić information content (AvgIpc) is 3.18. The van der Waals surface area contributed by atoms with Crippen LogP contribution in [0.5, 0.6) is 0 Å². The first-order valence-electron chi connectivity index (χ1n) is 11.4. The number of hydrogen-bond acceptors (Lipinski definition) is 1. The van der Waals surface area contributed by atoms with Gasteiger partial charge in [-0.15, -0.1) is 5.56 Å². The van der Waals surface area contributed by atoms with Gasteiger partial charge >= 0.3 is 35.6 Å². The molecule has 1 aliphatic carbocycles. The van der Waals surface area contributed by atoms with Crippen LogP contribution in [0.4, 0.5) is 0 Å². The maximum Gasteiger partial charge on any atom is -0.0253 e. The average molecular weight is 547 g/mol. The van der Waals surface area contributed by atoms with E-state index in [2.05, 4.69) is 55.6 Å². The molecular weight excluding hydrogens is 513 g/mol. The van der Waals surface area contributed by atoms with Crippen LogP contribution in [0, 0.1) is 6.07 Å². The molecule has 4 rings (SSSR count). The number of carbonyl (C=O) groups excluding carboxylic acids is 1. The molecular formula is C28H34Cl2NOSiTi-2. The van der Waals surface area contributed by atoms with Crippen molar-refractivity contribution in [3.8, 4) is 11.1 Å². The molecule has 2 nitrogen and oxygen atoms in total. The van der Waals surface area contributed by atoms with Crippen molar-refractivity contribution >= 4 is 34.0 Å². The Morgan fingerprint density at radius 2 is 1.41 bits per heavy atom. The molecule has 181 valence electrons. The molecule has 0 saturated heterocycles. The van der Waals surface area contributed by atoms with Gasteiger partial charge in [0.15, 0.2) is 0 Å². The molecule has 0 spiro atoms. The van der Waals surface area contributed by atoms with Crippen molar-refractivity contribution in [1.29, 1.82) is 0 Å². The molecule has 0 unspecified atom stereocenters. The van der Waals surface area contributed by atoms with Crippen LogP contribution < -0.4 is 0 Å². The minimum Gasteiger partial charge on any atom is -0.179 e. The van der Waals surface area contributed by atoms with Crippen LogP contribution >= 0.6 is 18.6 Å². The van der Waals surface area contributed by atoms with Gasteiger partial charge in [-0.2, -0.15) is 29.8 Å². The summed E-state index contributed by atoms with van der Waals surface area (Å²) in [5.74, 6) is 0.00370. The minimum absolute atomic E-state index is 0.285. The largest absolute Gasteiger partial charge is 0.179 e. The predicted molar refractivity (Wildman–Crippen MR) is 147 cm³/mol. The van der Waals surface area contributed by atoms with E-state index in [0.29, 0.717) is 5.56 Å². The van der Waals surface area contributed by atoms with Crippen LogP contribution in [0.1, 0.15) is 72.1 Å². The van der Waals surface area contributed by atoms with Gasteiger partial charge in [0.2, 0.25) is 0 Å². The van der Waals surface area contributed by atoms with Gasteiger partial charge in [0.1, 0.15) is 0 Å². The Morgan fingerprint density at radius 1 is 0.912 bits per heavy atom. The van der Waals surface area contributed by atoms with Crippen molar-refractivity contribution in [3.63, 3.8) is 0 Å². The summed E-state index contributed by atoms with van der Waals surface area (Å²) in [5.41, 5.74) is 15.4. The Bertz CT molecular complexity index is 969. The van der Waals surface area contributed by atoms with Crippen LogP contribution in [-0.2, 0) is 23.5 Å². The second-order valence-electron chi connectivity index (χ2n) is 8.50. The molecule has 0 bridgehead atoms. The first-order chi connectivity index (χ1) is 16.2. The number of carbonyl (C=O) groups is 1. The summed E-state index contributed by atoms with van der Waals surface area (Å²) < 4.78 is 0. The van der Waals surface area contributed by atoms with Gasteiger partial charge in [0.25, 0.3) is 0 Å². The van der Waals surface area contributed by atoms with E-state index in [9.17, 15) is 4.79 Å². The van der Waals surface area contributed by atoms with Crippen LogP contribution in [0.3, 0.4) is 0 Å².